The van der Waals surface area contributed by atoms with Crippen LogP contribution in [0.15, 0.2) is 54.2 Å². The van der Waals surface area contributed by atoms with Gasteiger partial charge in [-0.25, -0.2) is 4.90 Å². The summed E-state index contributed by atoms with van der Waals surface area (Å²) in [5.41, 5.74) is 3.32. The highest BCUT2D eigenvalue weighted by atomic mass is 35.5. The Morgan fingerprint density at radius 1 is 0.893 bits per heavy atom. The Labute approximate surface area is 169 Å². The number of imide groups is 1. The number of benzene rings is 2. The molecule has 0 radical (unpaired) electrons. The minimum atomic E-state index is -0.301. The maximum absolute atomic E-state index is 13.4. The zero-order valence-corrected chi connectivity index (χ0v) is 16.7. The normalized spacial score (nSPS) is 18.4. The van der Waals surface area contributed by atoms with Gasteiger partial charge in [-0.15, -0.1) is 0 Å². The topological polar surface area (TPSA) is 43.9 Å². The van der Waals surface area contributed by atoms with E-state index in [-0.39, 0.29) is 11.8 Å². The number of carbonyl (C=O) groups is 2. The number of likely N-dealkylation sites (N-methyl/N-ethyl adjacent to an activating group) is 1. The maximum Gasteiger partial charge on any atom is 0.282 e. The fourth-order valence-corrected chi connectivity index (χ4v) is 3.86. The maximum atomic E-state index is 13.4. The molecule has 0 bridgehead atoms. The Morgan fingerprint density at radius 3 is 2.21 bits per heavy atom. The molecule has 2 amide bonds. The van der Waals surface area contributed by atoms with E-state index in [9.17, 15) is 9.59 Å². The zero-order chi connectivity index (χ0) is 19.8. The molecule has 1 fully saturated rings. The predicted octanol–water partition coefficient (Wildman–Crippen LogP) is 3.18. The SMILES string of the molecule is Cc1ccc(C2=C(N3CCN(C)CC3)C(=O)N(c3cccc(Cl)c3)C2=O)cc1. The molecule has 0 atom stereocenters. The van der Waals surface area contributed by atoms with Crippen LogP contribution in [-0.2, 0) is 9.59 Å². The highest BCUT2D eigenvalue weighted by Crippen LogP contribution is 2.35. The number of aryl methyl sites for hydroxylation is 1. The summed E-state index contributed by atoms with van der Waals surface area (Å²) in [4.78, 5) is 32.3. The average Bonchev–Trinajstić information content (AvgIpc) is 2.93. The van der Waals surface area contributed by atoms with E-state index in [1.54, 1.807) is 24.3 Å². The second-order valence-electron chi connectivity index (χ2n) is 7.31. The van der Waals surface area contributed by atoms with E-state index in [0.29, 0.717) is 35.1 Å². The third-order valence-electron chi connectivity index (χ3n) is 5.29. The first-order chi connectivity index (χ1) is 13.5. The number of rotatable bonds is 3. The molecule has 0 aliphatic carbocycles. The van der Waals surface area contributed by atoms with Gasteiger partial charge in [-0.1, -0.05) is 47.5 Å². The standard InChI is InChI=1S/C22H22ClN3O2/c1-15-6-8-16(9-7-15)19-20(25-12-10-24(2)11-13-25)22(28)26(21(19)27)18-5-3-4-17(23)14-18/h3-9,14H,10-13H2,1-2H3. The Kier molecular flexibility index (Phi) is 4.96. The summed E-state index contributed by atoms with van der Waals surface area (Å²) in [5, 5.41) is 0.489. The molecule has 4 rings (SSSR count). The van der Waals surface area contributed by atoms with E-state index in [0.717, 1.165) is 24.2 Å². The predicted molar refractivity (Wildman–Crippen MR) is 111 cm³/mol. The number of amides is 2. The summed E-state index contributed by atoms with van der Waals surface area (Å²) in [5.74, 6) is -0.586. The number of hydrogen-bond donors (Lipinski definition) is 0. The second-order valence-corrected chi connectivity index (χ2v) is 7.74. The molecular formula is C22H22ClN3O2. The van der Waals surface area contributed by atoms with E-state index in [1.165, 1.54) is 4.90 Å². The lowest BCUT2D eigenvalue weighted by Crippen LogP contribution is -2.46. The molecule has 2 aliphatic heterocycles. The first kappa shape index (κ1) is 18.7. The van der Waals surface area contributed by atoms with Gasteiger partial charge < -0.3 is 9.80 Å². The van der Waals surface area contributed by atoms with E-state index in [4.69, 9.17) is 11.6 Å². The van der Waals surface area contributed by atoms with Gasteiger partial charge in [-0.05, 0) is 37.7 Å². The highest BCUT2D eigenvalue weighted by Gasteiger charge is 2.42. The Balaban J connectivity index is 1.81. The Hall–Kier alpha value is -2.63. The van der Waals surface area contributed by atoms with Crippen molar-refractivity contribution in [2.24, 2.45) is 0 Å². The summed E-state index contributed by atoms with van der Waals surface area (Å²) in [6, 6.07) is 14.6. The van der Waals surface area contributed by atoms with Gasteiger partial charge in [0.2, 0.25) is 0 Å². The molecule has 144 valence electrons. The Bertz CT molecular complexity index is 960. The van der Waals surface area contributed by atoms with Crippen molar-refractivity contribution < 1.29 is 9.59 Å². The van der Waals surface area contributed by atoms with Crippen molar-refractivity contribution in [1.29, 1.82) is 0 Å². The lowest BCUT2D eigenvalue weighted by atomic mass is 10.0. The van der Waals surface area contributed by atoms with Crippen molar-refractivity contribution in [3.05, 3.63) is 70.4 Å². The smallest absolute Gasteiger partial charge is 0.282 e. The van der Waals surface area contributed by atoms with Crippen molar-refractivity contribution in [1.82, 2.24) is 9.80 Å². The van der Waals surface area contributed by atoms with Gasteiger partial charge in [-0.2, -0.15) is 0 Å². The van der Waals surface area contributed by atoms with E-state index in [1.807, 2.05) is 36.1 Å². The number of nitrogens with zero attached hydrogens (tertiary/aromatic N) is 3. The van der Waals surface area contributed by atoms with Gasteiger partial charge in [0, 0.05) is 31.2 Å². The fourth-order valence-electron chi connectivity index (χ4n) is 3.67. The van der Waals surface area contributed by atoms with Gasteiger partial charge in [0.05, 0.1) is 11.3 Å². The van der Waals surface area contributed by atoms with Crippen LogP contribution in [0, 0.1) is 6.92 Å². The molecular weight excluding hydrogens is 374 g/mol. The summed E-state index contributed by atoms with van der Waals surface area (Å²) >= 11 is 6.11. The van der Waals surface area contributed by atoms with Gasteiger partial charge in [-0.3, -0.25) is 9.59 Å². The zero-order valence-electron chi connectivity index (χ0n) is 16.0. The minimum Gasteiger partial charge on any atom is -0.364 e. The van der Waals surface area contributed by atoms with E-state index < -0.39 is 0 Å². The molecule has 2 aliphatic rings. The van der Waals surface area contributed by atoms with Gasteiger partial charge in [0.1, 0.15) is 5.70 Å². The van der Waals surface area contributed by atoms with Crippen LogP contribution >= 0.6 is 11.6 Å². The lowest BCUT2D eigenvalue weighted by Gasteiger charge is -2.34. The molecule has 0 N–H and O–H groups in total. The summed E-state index contributed by atoms with van der Waals surface area (Å²) < 4.78 is 0. The van der Waals surface area contributed by atoms with Crippen molar-refractivity contribution in [2.75, 3.05) is 38.1 Å². The van der Waals surface area contributed by atoms with Crippen LogP contribution in [0.3, 0.4) is 0 Å². The molecule has 0 aromatic heterocycles. The number of carbonyl (C=O) groups excluding carboxylic acids is 2. The van der Waals surface area contributed by atoms with Gasteiger partial charge in [0.15, 0.2) is 0 Å². The largest absolute Gasteiger partial charge is 0.364 e. The molecule has 0 unspecified atom stereocenters. The number of halogens is 1. The van der Waals surface area contributed by atoms with Crippen LogP contribution in [0.4, 0.5) is 5.69 Å². The van der Waals surface area contributed by atoms with E-state index in [2.05, 4.69) is 11.9 Å². The van der Waals surface area contributed by atoms with Crippen LogP contribution in [0.2, 0.25) is 5.02 Å². The molecule has 1 saturated heterocycles. The number of piperazine rings is 1. The first-order valence-corrected chi connectivity index (χ1v) is 9.72. The molecule has 2 aromatic rings. The van der Waals surface area contributed by atoms with Crippen molar-refractivity contribution >= 4 is 34.7 Å². The van der Waals surface area contributed by atoms with Crippen LogP contribution in [-0.4, -0.2) is 54.8 Å². The molecule has 6 heteroatoms. The summed E-state index contributed by atoms with van der Waals surface area (Å²) in [6.07, 6.45) is 0. The van der Waals surface area contributed by atoms with Crippen molar-refractivity contribution in [2.45, 2.75) is 6.92 Å². The molecule has 2 heterocycles. The molecule has 5 nitrogen and oxygen atoms in total. The van der Waals surface area contributed by atoms with Gasteiger partial charge >= 0.3 is 0 Å². The molecule has 0 saturated carbocycles. The number of hydrogen-bond acceptors (Lipinski definition) is 4. The van der Waals surface area contributed by atoms with Crippen LogP contribution in [0.1, 0.15) is 11.1 Å². The fraction of sp³-hybridized carbons (Fsp3) is 0.273. The van der Waals surface area contributed by atoms with Crippen LogP contribution in [0.5, 0.6) is 0 Å². The third kappa shape index (κ3) is 3.32. The highest BCUT2D eigenvalue weighted by molar-refractivity contribution is 6.45. The summed E-state index contributed by atoms with van der Waals surface area (Å²) in [7, 11) is 2.06. The second kappa shape index (κ2) is 7.41. The monoisotopic (exact) mass is 395 g/mol. The van der Waals surface area contributed by atoms with Crippen LogP contribution < -0.4 is 4.90 Å². The van der Waals surface area contributed by atoms with Crippen LogP contribution in [0.25, 0.3) is 5.57 Å². The van der Waals surface area contributed by atoms with Crippen molar-refractivity contribution in [3.8, 4) is 0 Å². The summed E-state index contributed by atoms with van der Waals surface area (Å²) in [6.45, 7) is 5.12. The molecule has 0 spiro atoms. The van der Waals surface area contributed by atoms with Gasteiger partial charge in [0.25, 0.3) is 11.8 Å². The third-order valence-corrected chi connectivity index (χ3v) is 5.52. The molecule has 2 aromatic carbocycles. The molecule has 28 heavy (non-hydrogen) atoms. The van der Waals surface area contributed by atoms with E-state index >= 15 is 0 Å². The minimum absolute atomic E-state index is 0.285. The first-order valence-electron chi connectivity index (χ1n) is 9.35. The lowest BCUT2D eigenvalue weighted by molar-refractivity contribution is -0.120. The Morgan fingerprint density at radius 2 is 1.57 bits per heavy atom. The quantitative estimate of drug-likeness (QED) is 0.749. The van der Waals surface area contributed by atoms with Crippen molar-refractivity contribution in [3.63, 3.8) is 0 Å². The average molecular weight is 396 g/mol. The number of anilines is 1.